The fourth-order valence-corrected chi connectivity index (χ4v) is 3.97. The molecule has 156 valence electrons. The van der Waals surface area contributed by atoms with E-state index in [9.17, 15) is 9.59 Å². The number of rotatable bonds is 10. The van der Waals surface area contributed by atoms with E-state index < -0.39 is 5.97 Å². The van der Waals surface area contributed by atoms with Crippen LogP contribution in [-0.2, 0) is 15.3 Å². The molecule has 0 unspecified atom stereocenters. The van der Waals surface area contributed by atoms with Crippen molar-refractivity contribution in [2.45, 2.75) is 17.6 Å². The summed E-state index contributed by atoms with van der Waals surface area (Å²) in [6.07, 6.45) is 0. The molecule has 0 aliphatic heterocycles. The van der Waals surface area contributed by atoms with E-state index in [0.29, 0.717) is 18.7 Å². The number of esters is 1. The molecule has 30 heavy (non-hydrogen) atoms. The van der Waals surface area contributed by atoms with Crippen molar-refractivity contribution in [2.75, 3.05) is 19.8 Å². The molecule has 1 heterocycles. The number of carbonyl (C=O) groups excluding carboxylic acids is 2. The first-order chi connectivity index (χ1) is 14.6. The van der Waals surface area contributed by atoms with Gasteiger partial charge >= 0.3 is 5.97 Å². The molecule has 1 amide bonds. The van der Waals surface area contributed by atoms with Crippen molar-refractivity contribution in [3.05, 3.63) is 76.2 Å². The number of hydrogen-bond donors (Lipinski definition) is 1. The van der Waals surface area contributed by atoms with Crippen LogP contribution in [0.25, 0.3) is 0 Å². The molecule has 0 fully saturated rings. The van der Waals surface area contributed by atoms with Crippen molar-refractivity contribution in [3.8, 4) is 5.75 Å². The Balaban J connectivity index is 1.34. The fraction of sp³-hybridized carbons (Fsp3) is 0.227. The Kier molecular flexibility index (Phi) is 8.29. The van der Waals surface area contributed by atoms with Crippen molar-refractivity contribution < 1.29 is 19.1 Å². The van der Waals surface area contributed by atoms with Crippen molar-refractivity contribution in [1.82, 2.24) is 10.3 Å². The monoisotopic (exact) mass is 442 g/mol. The molecule has 3 aromatic rings. The van der Waals surface area contributed by atoms with Crippen LogP contribution in [0, 0.1) is 6.92 Å². The highest BCUT2D eigenvalue weighted by Crippen LogP contribution is 2.24. The summed E-state index contributed by atoms with van der Waals surface area (Å²) in [5, 5.41) is 5.75. The van der Waals surface area contributed by atoms with Crippen LogP contribution in [0.2, 0.25) is 0 Å². The van der Waals surface area contributed by atoms with Crippen LogP contribution in [0.5, 0.6) is 5.75 Å². The maximum Gasteiger partial charge on any atom is 0.338 e. The number of thioether (sulfide) groups is 1. The van der Waals surface area contributed by atoms with E-state index in [0.717, 1.165) is 27.1 Å². The minimum Gasteiger partial charge on any atom is -0.492 e. The second-order valence-electron chi connectivity index (χ2n) is 6.26. The van der Waals surface area contributed by atoms with Gasteiger partial charge in [0.15, 0.2) is 6.61 Å². The Labute approximate surface area is 183 Å². The molecule has 0 radical (unpaired) electrons. The molecule has 0 saturated carbocycles. The molecule has 0 spiro atoms. The molecule has 2 aromatic carbocycles. The third-order valence-electron chi connectivity index (χ3n) is 3.91. The number of benzene rings is 2. The highest BCUT2D eigenvalue weighted by atomic mass is 32.2. The summed E-state index contributed by atoms with van der Waals surface area (Å²) >= 11 is 3.28. The van der Waals surface area contributed by atoms with Crippen LogP contribution in [0.4, 0.5) is 0 Å². The van der Waals surface area contributed by atoms with Crippen LogP contribution in [0.1, 0.15) is 21.1 Å². The van der Waals surface area contributed by atoms with Gasteiger partial charge in [-0.1, -0.05) is 18.2 Å². The van der Waals surface area contributed by atoms with Gasteiger partial charge in [-0.3, -0.25) is 4.79 Å². The predicted octanol–water partition coefficient (Wildman–Crippen LogP) is 4.10. The number of hydrogen-bond acceptors (Lipinski definition) is 7. The van der Waals surface area contributed by atoms with Crippen LogP contribution in [0.3, 0.4) is 0 Å². The third kappa shape index (κ3) is 7.20. The fourth-order valence-electron chi connectivity index (χ4n) is 2.46. The Bertz CT molecular complexity index is 959. The second kappa shape index (κ2) is 11.4. The van der Waals surface area contributed by atoms with Gasteiger partial charge in [-0.15, -0.1) is 23.1 Å². The van der Waals surface area contributed by atoms with Crippen molar-refractivity contribution >= 4 is 35.0 Å². The number of amides is 1. The lowest BCUT2D eigenvalue weighted by molar-refractivity contribution is -0.124. The van der Waals surface area contributed by atoms with E-state index in [1.165, 1.54) is 0 Å². The Morgan fingerprint density at radius 2 is 1.87 bits per heavy atom. The molecule has 0 aliphatic rings. The van der Waals surface area contributed by atoms with Gasteiger partial charge in [-0.05, 0) is 43.3 Å². The lowest BCUT2D eigenvalue weighted by atomic mass is 10.2. The van der Waals surface area contributed by atoms with E-state index in [-0.39, 0.29) is 12.5 Å². The minimum atomic E-state index is -0.530. The quantitative estimate of drug-likeness (QED) is 0.289. The summed E-state index contributed by atoms with van der Waals surface area (Å²) in [5.41, 5.74) is 1.45. The molecule has 3 rings (SSSR count). The topological polar surface area (TPSA) is 77.5 Å². The molecule has 8 heteroatoms. The first-order valence-electron chi connectivity index (χ1n) is 9.36. The van der Waals surface area contributed by atoms with Crippen LogP contribution in [-0.4, -0.2) is 36.6 Å². The minimum absolute atomic E-state index is 0.329. The van der Waals surface area contributed by atoms with Gasteiger partial charge in [0.25, 0.3) is 5.91 Å². The van der Waals surface area contributed by atoms with Crippen LogP contribution < -0.4 is 10.1 Å². The molecule has 0 saturated heterocycles. The maximum absolute atomic E-state index is 12.1. The van der Waals surface area contributed by atoms with E-state index in [4.69, 9.17) is 9.47 Å². The summed E-state index contributed by atoms with van der Waals surface area (Å²) in [6.45, 7) is 2.32. The molecule has 1 aromatic heterocycles. The number of carbonyl (C=O) groups is 2. The molecular weight excluding hydrogens is 420 g/mol. The lowest BCUT2D eigenvalue weighted by Crippen LogP contribution is -2.32. The van der Waals surface area contributed by atoms with Gasteiger partial charge in [0.05, 0.1) is 22.8 Å². The smallest absolute Gasteiger partial charge is 0.338 e. The number of aryl methyl sites for hydroxylation is 1. The number of nitrogens with one attached hydrogen (secondary N) is 1. The highest BCUT2D eigenvalue weighted by molar-refractivity contribution is 7.98. The zero-order chi connectivity index (χ0) is 21.2. The summed E-state index contributed by atoms with van der Waals surface area (Å²) < 4.78 is 10.6. The molecule has 0 aliphatic carbocycles. The summed E-state index contributed by atoms with van der Waals surface area (Å²) in [4.78, 5) is 29.4. The van der Waals surface area contributed by atoms with Gasteiger partial charge in [0, 0.05) is 16.0 Å². The Morgan fingerprint density at radius 1 is 1.10 bits per heavy atom. The number of nitrogens with zero attached hydrogens (tertiary/aromatic N) is 1. The zero-order valence-electron chi connectivity index (χ0n) is 16.5. The number of ether oxygens (including phenoxy) is 2. The zero-order valence-corrected chi connectivity index (χ0v) is 18.1. The average Bonchev–Trinajstić information content (AvgIpc) is 3.20. The normalized spacial score (nSPS) is 10.4. The van der Waals surface area contributed by atoms with Gasteiger partial charge in [0.2, 0.25) is 0 Å². The molecular formula is C22H22N2O4S2. The third-order valence-corrected chi connectivity index (χ3v) is 5.78. The van der Waals surface area contributed by atoms with E-state index in [1.807, 2.05) is 54.8 Å². The van der Waals surface area contributed by atoms with Gasteiger partial charge in [-0.2, -0.15) is 0 Å². The van der Waals surface area contributed by atoms with Crippen LogP contribution in [0.15, 0.2) is 64.9 Å². The van der Waals surface area contributed by atoms with Gasteiger partial charge < -0.3 is 14.8 Å². The Hall–Kier alpha value is -2.84. The highest BCUT2D eigenvalue weighted by Gasteiger charge is 2.10. The molecule has 0 atom stereocenters. The second-order valence-corrected chi connectivity index (χ2v) is 8.37. The van der Waals surface area contributed by atoms with Crippen LogP contribution >= 0.6 is 23.1 Å². The van der Waals surface area contributed by atoms with Gasteiger partial charge in [-0.25, -0.2) is 9.78 Å². The maximum atomic E-state index is 12.1. The number of aromatic nitrogens is 1. The standard InChI is InChI=1S/C22H22N2O4S2/c1-16-24-18(14-29-16)15-30-20-9-7-17(8-10-20)22(26)28-13-21(25)23-11-12-27-19-5-3-2-4-6-19/h2-10,14H,11-13,15H2,1H3,(H,23,25). The number of thiazole rings is 1. The SMILES string of the molecule is Cc1nc(CSc2ccc(C(=O)OCC(=O)NCCOc3ccccc3)cc2)cs1. The van der Waals surface area contributed by atoms with Crippen molar-refractivity contribution in [1.29, 1.82) is 0 Å². The summed E-state index contributed by atoms with van der Waals surface area (Å²) in [5.74, 6) is 0.618. The summed E-state index contributed by atoms with van der Waals surface area (Å²) in [7, 11) is 0. The first-order valence-corrected chi connectivity index (χ1v) is 11.2. The number of para-hydroxylation sites is 1. The average molecular weight is 443 g/mol. The largest absolute Gasteiger partial charge is 0.492 e. The Morgan fingerprint density at radius 3 is 2.57 bits per heavy atom. The molecule has 6 nitrogen and oxygen atoms in total. The molecule has 0 bridgehead atoms. The van der Waals surface area contributed by atoms with E-state index >= 15 is 0 Å². The molecule has 1 N–H and O–H groups in total. The van der Waals surface area contributed by atoms with Crippen molar-refractivity contribution in [3.63, 3.8) is 0 Å². The van der Waals surface area contributed by atoms with E-state index in [1.54, 1.807) is 35.2 Å². The predicted molar refractivity (Wildman–Crippen MR) is 118 cm³/mol. The first kappa shape index (κ1) is 21.9. The lowest BCUT2D eigenvalue weighted by Gasteiger charge is -2.08. The van der Waals surface area contributed by atoms with E-state index in [2.05, 4.69) is 10.3 Å². The van der Waals surface area contributed by atoms with Crippen molar-refractivity contribution in [2.24, 2.45) is 0 Å². The van der Waals surface area contributed by atoms with Gasteiger partial charge in [0.1, 0.15) is 12.4 Å². The summed E-state index contributed by atoms with van der Waals surface area (Å²) in [6, 6.07) is 16.5.